The Balaban J connectivity index is 2.15. The minimum absolute atomic E-state index is 0.00757. The lowest BCUT2D eigenvalue weighted by Gasteiger charge is -2.12. The van der Waals surface area contributed by atoms with Gasteiger partial charge >= 0.3 is 0 Å². The summed E-state index contributed by atoms with van der Waals surface area (Å²) in [6.45, 7) is 4.27. The Morgan fingerprint density at radius 2 is 1.96 bits per heavy atom. The Morgan fingerprint density at radius 1 is 1.25 bits per heavy atom. The van der Waals surface area contributed by atoms with Crippen molar-refractivity contribution in [2.75, 3.05) is 7.11 Å². The maximum absolute atomic E-state index is 12.2. The SMILES string of the molecule is CC[C@H](C)NC(=O)/C(C#N)=C/c1ccc(OCc2ccc(Br)cc2)c(OC)c1. The van der Waals surface area contributed by atoms with Gasteiger partial charge in [-0.15, -0.1) is 0 Å². The van der Waals surface area contributed by atoms with E-state index in [-0.39, 0.29) is 17.5 Å². The zero-order valence-electron chi connectivity index (χ0n) is 16.2. The number of carbonyl (C=O) groups is 1. The highest BCUT2D eigenvalue weighted by Gasteiger charge is 2.12. The third-order valence-corrected chi connectivity index (χ3v) is 4.69. The Hall–Kier alpha value is -2.78. The van der Waals surface area contributed by atoms with E-state index < -0.39 is 0 Å². The van der Waals surface area contributed by atoms with Gasteiger partial charge in [0, 0.05) is 10.5 Å². The normalized spacial score (nSPS) is 12.0. The van der Waals surface area contributed by atoms with E-state index in [0.717, 1.165) is 16.5 Å². The van der Waals surface area contributed by atoms with Crippen molar-refractivity contribution in [1.82, 2.24) is 5.32 Å². The third-order valence-electron chi connectivity index (χ3n) is 4.16. The molecule has 2 rings (SSSR count). The van der Waals surface area contributed by atoms with Crippen molar-refractivity contribution in [3.05, 3.63) is 63.6 Å². The summed E-state index contributed by atoms with van der Waals surface area (Å²) < 4.78 is 12.3. The molecule has 1 N–H and O–H groups in total. The number of carbonyl (C=O) groups excluding carboxylic acids is 1. The molecule has 0 aliphatic carbocycles. The van der Waals surface area contributed by atoms with E-state index >= 15 is 0 Å². The average Bonchev–Trinajstić information content (AvgIpc) is 2.71. The third kappa shape index (κ3) is 6.14. The van der Waals surface area contributed by atoms with Crippen LogP contribution in [0.15, 0.2) is 52.5 Å². The fraction of sp³-hybridized carbons (Fsp3) is 0.273. The van der Waals surface area contributed by atoms with Crippen LogP contribution in [0.2, 0.25) is 0 Å². The van der Waals surface area contributed by atoms with Crippen LogP contribution in [0.4, 0.5) is 0 Å². The van der Waals surface area contributed by atoms with Crippen molar-refractivity contribution in [2.45, 2.75) is 32.9 Å². The lowest BCUT2D eigenvalue weighted by molar-refractivity contribution is -0.117. The van der Waals surface area contributed by atoms with Crippen molar-refractivity contribution < 1.29 is 14.3 Å². The molecule has 0 aliphatic rings. The zero-order chi connectivity index (χ0) is 20.5. The van der Waals surface area contributed by atoms with Crippen molar-refractivity contribution in [3.8, 4) is 17.6 Å². The van der Waals surface area contributed by atoms with E-state index in [4.69, 9.17) is 9.47 Å². The first-order valence-electron chi connectivity index (χ1n) is 8.94. The van der Waals surface area contributed by atoms with Crippen molar-refractivity contribution in [2.24, 2.45) is 0 Å². The van der Waals surface area contributed by atoms with Crippen LogP contribution in [-0.2, 0) is 11.4 Å². The molecule has 0 unspecified atom stereocenters. The monoisotopic (exact) mass is 442 g/mol. The molecule has 0 spiro atoms. The van der Waals surface area contributed by atoms with Crippen LogP contribution in [0.1, 0.15) is 31.4 Å². The second kappa shape index (κ2) is 10.5. The minimum atomic E-state index is -0.383. The highest BCUT2D eigenvalue weighted by molar-refractivity contribution is 9.10. The smallest absolute Gasteiger partial charge is 0.262 e. The Kier molecular flexibility index (Phi) is 8.09. The molecule has 5 nitrogen and oxygen atoms in total. The zero-order valence-corrected chi connectivity index (χ0v) is 17.7. The van der Waals surface area contributed by atoms with Gasteiger partial charge in [-0.1, -0.05) is 41.1 Å². The molecule has 0 saturated heterocycles. The molecule has 0 aromatic heterocycles. The predicted octanol–water partition coefficient (Wildman–Crippen LogP) is 4.86. The Labute approximate surface area is 174 Å². The second-order valence-corrected chi connectivity index (χ2v) is 7.19. The largest absolute Gasteiger partial charge is 0.493 e. The molecule has 1 atom stereocenters. The number of nitrogens with zero attached hydrogens (tertiary/aromatic N) is 1. The first-order chi connectivity index (χ1) is 13.5. The second-order valence-electron chi connectivity index (χ2n) is 6.28. The summed E-state index contributed by atoms with van der Waals surface area (Å²) in [4.78, 5) is 12.2. The Morgan fingerprint density at radius 3 is 2.57 bits per heavy atom. The van der Waals surface area contributed by atoms with Gasteiger partial charge in [-0.2, -0.15) is 5.26 Å². The molecule has 0 radical (unpaired) electrons. The summed E-state index contributed by atoms with van der Waals surface area (Å²) in [6, 6.07) is 15.1. The molecule has 1 amide bonds. The number of methoxy groups -OCH3 is 1. The van der Waals surface area contributed by atoms with Gasteiger partial charge in [-0.3, -0.25) is 4.79 Å². The summed E-state index contributed by atoms with van der Waals surface area (Å²) in [6.07, 6.45) is 2.33. The van der Waals surface area contributed by atoms with Crippen LogP contribution < -0.4 is 14.8 Å². The van der Waals surface area contributed by atoms with Gasteiger partial charge in [0.05, 0.1) is 7.11 Å². The number of rotatable bonds is 8. The average molecular weight is 443 g/mol. The lowest BCUT2D eigenvalue weighted by Crippen LogP contribution is -2.32. The van der Waals surface area contributed by atoms with E-state index in [9.17, 15) is 10.1 Å². The lowest BCUT2D eigenvalue weighted by atomic mass is 10.1. The first-order valence-corrected chi connectivity index (χ1v) is 9.74. The molecule has 0 bridgehead atoms. The van der Waals surface area contributed by atoms with Gasteiger partial charge in [0.1, 0.15) is 18.2 Å². The van der Waals surface area contributed by atoms with Gasteiger partial charge < -0.3 is 14.8 Å². The number of hydrogen-bond acceptors (Lipinski definition) is 4. The highest BCUT2D eigenvalue weighted by atomic mass is 79.9. The minimum Gasteiger partial charge on any atom is -0.493 e. The topological polar surface area (TPSA) is 71.4 Å². The molecule has 0 saturated carbocycles. The van der Waals surface area contributed by atoms with Gasteiger partial charge in [-0.25, -0.2) is 0 Å². The number of hydrogen-bond donors (Lipinski definition) is 1. The van der Waals surface area contributed by atoms with Crippen LogP contribution in [0, 0.1) is 11.3 Å². The summed E-state index contributed by atoms with van der Waals surface area (Å²) in [5.41, 5.74) is 1.76. The molecular formula is C22H23BrN2O3. The maximum Gasteiger partial charge on any atom is 0.262 e. The fourth-order valence-corrected chi connectivity index (χ4v) is 2.62. The van der Waals surface area contributed by atoms with Crippen molar-refractivity contribution in [1.29, 1.82) is 5.26 Å². The van der Waals surface area contributed by atoms with Gasteiger partial charge in [0.15, 0.2) is 11.5 Å². The van der Waals surface area contributed by atoms with E-state index in [0.29, 0.717) is 23.7 Å². The molecule has 28 heavy (non-hydrogen) atoms. The van der Waals surface area contributed by atoms with E-state index in [1.165, 1.54) is 0 Å². The molecule has 6 heteroatoms. The standard InChI is InChI=1S/C22H23BrN2O3/c1-4-15(2)25-22(26)18(13-24)11-17-7-10-20(21(12-17)27-3)28-14-16-5-8-19(23)9-6-16/h5-12,15H,4,14H2,1-3H3,(H,25,26)/b18-11+/t15-/m0/s1. The summed E-state index contributed by atoms with van der Waals surface area (Å²) >= 11 is 3.41. The summed E-state index contributed by atoms with van der Waals surface area (Å²) in [5, 5.41) is 12.1. The van der Waals surface area contributed by atoms with Gasteiger partial charge in [-0.05, 0) is 54.8 Å². The number of nitriles is 1. The van der Waals surface area contributed by atoms with Crippen LogP contribution in [0.5, 0.6) is 11.5 Å². The number of ether oxygens (including phenoxy) is 2. The molecule has 2 aromatic carbocycles. The van der Waals surface area contributed by atoms with Gasteiger partial charge in [0.2, 0.25) is 0 Å². The van der Waals surface area contributed by atoms with E-state index in [2.05, 4.69) is 21.2 Å². The number of benzene rings is 2. The maximum atomic E-state index is 12.2. The van der Waals surface area contributed by atoms with Gasteiger partial charge in [0.25, 0.3) is 5.91 Å². The van der Waals surface area contributed by atoms with Crippen molar-refractivity contribution in [3.63, 3.8) is 0 Å². The highest BCUT2D eigenvalue weighted by Crippen LogP contribution is 2.29. The summed E-state index contributed by atoms with van der Waals surface area (Å²) in [7, 11) is 1.55. The quantitative estimate of drug-likeness (QED) is 0.467. The molecule has 146 valence electrons. The fourth-order valence-electron chi connectivity index (χ4n) is 2.35. The molecule has 0 aliphatic heterocycles. The van der Waals surface area contributed by atoms with Crippen LogP contribution in [0.25, 0.3) is 6.08 Å². The number of halogens is 1. The Bertz CT molecular complexity index is 886. The number of nitrogens with one attached hydrogen (secondary N) is 1. The molecule has 0 heterocycles. The van der Waals surface area contributed by atoms with E-state index in [1.54, 1.807) is 31.4 Å². The summed E-state index contributed by atoms with van der Waals surface area (Å²) in [5.74, 6) is 0.738. The number of amides is 1. The van der Waals surface area contributed by atoms with Crippen LogP contribution >= 0.6 is 15.9 Å². The molecular weight excluding hydrogens is 420 g/mol. The molecule has 2 aromatic rings. The van der Waals surface area contributed by atoms with E-state index in [1.807, 2.05) is 44.2 Å². The van der Waals surface area contributed by atoms with Crippen LogP contribution in [0.3, 0.4) is 0 Å². The first kappa shape index (κ1) is 21.5. The van der Waals surface area contributed by atoms with Crippen LogP contribution in [-0.4, -0.2) is 19.1 Å². The molecule has 0 fully saturated rings. The van der Waals surface area contributed by atoms with Crippen molar-refractivity contribution >= 4 is 27.9 Å². The predicted molar refractivity (Wildman–Crippen MR) is 113 cm³/mol.